The highest BCUT2D eigenvalue weighted by molar-refractivity contribution is 9.10. The summed E-state index contributed by atoms with van der Waals surface area (Å²) in [6.07, 6.45) is 0. The van der Waals surface area contributed by atoms with Crippen molar-refractivity contribution in [3.8, 4) is 5.69 Å². The molecular weight excluding hydrogens is 448 g/mol. The molecule has 0 saturated carbocycles. The number of carbonyl (C=O) groups is 1. The van der Waals surface area contributed by atoms with E-state index in [0.29, 0.717) is 5.16 Å². The van der Waals surface area contributed by atoms with Gasteiger partial charge in [-0.15, -0.1) is 10.2 Å². The Balaban J connectivity index is 1.60. The zero-order chi connectivity index (χ0) is 20.4. The number of thioether (sulfide) groups is 1. The lowest BCUT2D eigenvalue weighted by atomic mass is 10.0. The van der Waals surface area contributed by atoms with Crippen molar-refractivity contribution in [2.75, 3.05) is 11.1 Å². The van der Waals surface area contributed by atoms with Gasteiger partial charge in [0.2, 0.25) is 5.91 Å². The molecule has 0 saturated heterocycles. The lowest BCUT2D eigenvalue weighted by Gasteiger charge is -2.13. The summed E-state index contributed by atoms with van der Waals surface area (Å²) in [6, 6.07) is 20.0. The number of nitrogens with zero attached hydrogens (tertiary/aromatic N) is 3. The van der Waals surface area contributed by atoms with E-state index >= 15 is 0 Å². The Morgan fingerprint density at radius 2 is 1.72 bits per heavy atom. The molecule has 146 valence electrons. The molecular formula is C22H19BrN4OS. The number of aromatic nitrogens is 3. The number of hydrogen-bond donors (Lipinski definition) is 1. The summed E-state index contributed by atoms with van der Waals surface area (Å²) in [7, 11) is 0. The maximum absolute atomic E-state index is 12.4. The highest BCUT2D eigenvalue weighted by atomic mass is 79.9. The number of anilines is 1. The molecule has 0 bridgehead atoms. The fourth-order valence-corrected chi connectivity index (χ4v) is 4.40. The molecule has 4 rings (SSSR count). The minimum atomic E-state index is -0.0946. The highest BCUT2D eigenvalue weighted by Gasteiger charge is 2.16. The second kappa shape index (κ2) is 8.39. The zero-order valence-electron chi connectivity index (χ0n) is 16.0. The molecule has 0 aliphatic carbocycles. The topological polar surface area (TPSA) is 59.8 Å². The van der Waals surface area contributed by atoms with Crippen LogP contribution in [0.4, 0.5) is 5.69 Å². The summed E-state index contributed by atoms with van der Waals surface area (Å²) in [5.41, 5.74) is 2.99. The molecule has 3 aromatic carbocycles. The second-order valence-corrected chi connectivity index (χ2v) is 8.43. The van der Waals surface area contributed by atoms with Crippen LogP contribution in [0.1, 0.15) is 11.4 Å². The van der Waals surface area contributed by atoms with Crippen LogP contribution in [-0.2, 0) is 4.79 Å². The van der Waals surface area contributed by atoms with Gasteiger partial charge in [0.1, 0.15) is 5.82 Å². The van der Waals surface area contributed by atoms with E-state index in [9.17, 15) is 4.79 Å². The molecule has 0 radical (unpaired) electrons. The maximum atomic E-state index is 12.4. The fourth-order valence-electron chi connectivity index (χ4n) is 3.22. The minimum Gasteiger partial charge on any atom is -0.324 e. The van der Waals surface area contributed by atoms with E-state index in [4.69, 9.17) is 0 Å². The summed E-state index contributed by atoms with van der Waals surface area (Å²) < 4.78 is 2.86. The van der Waals surface area contributed by atoms with E-state index in [-0.39, 0.29) is 11.7 Å². The summed E-state index contributed by atoms with van der Waals surface area (Å²) in [4.78, 5) is 12.4. The van der Waals surface area contributed by atoms with Gasteiger partial charge in [-0.1, -0.05) is 54.2 Å². The molecule has 7 heteroatoms. The van der Waals surface area contributed by atoms with Gasteiger partial charge in [0.25, 0.3) is 0 Å². The van der Waals surface area contributed by atoms with Gasteiger partial charge in [-0.05, 0) is 58.9 Å². The minimum absolute atomic E-state index is 0.0946. The maximum Gasteiger partial charge on any atom is 0.234 e. The Kier molecular flexibility index (Phi) is 5.69. The smallest absolute Gasteiger partial charge is 0.234 e. The molecule has 4 aromatic rings. The van der Waals surface area contributed by atoms with Crippen LogP contribution < -0.4 is 5.32 Å². The summed E-state index contributed by atoms with van der Waals surface area (Å²) in [5, 5.41) is 14.5. The summed E-state index contributed by atoms with van der Waals surface area (Å²) in [6.45, 7) is 4.03. The molecule has 1 aromatic heterocycles. The number of nitrogens with one attached hydrogen (secondary N) is 1. The van der Waals surface area contributed by atoms with Crippen molar-refractivity contribution in [1.29, 1.82) is 0 Å². The number of halogens is 1. The number of hydrogen-bond acceptors (Lipinski definition) is 4. The van der Waals surface area contributed by atoms with Crippen molar-refractivity contribution in [1.82, 2.24) is 14.8 Å². The number of carbonyl (C=O) groups excluding carboxylic acids is 1. The SMILES string of the molecule is Cc1ccc(-n2c(C)nnc2SCC(=O)Nc2ccccc2Br)c2ccccc12. The number of para-hydroxylation sites is 1. The normalized spacial score (nSPS) is 11.0. The monoisotopic (exact) mass is 466 g/mol. The molecule has 0 fully saturated rings. The quantitative estimate of drug-likeness (QED) is 0.392. The zero-order valence-corrected chi connectivity index (χ0v) is 18.4. The van der Waals surface area contributed by atoms with Gasteiger partial charge in [-0.25, -0.2) is 0 Å². The molecule has 0 atom stereocenters. The Labute approximate surface area is 181 Å². The standard InChI is InChI=1S/C22H19BrN4OS/c1-14-11-12-20(17-8-4-3-7-16(14)17)27-15(2)25-26-22(27)29-13-21(28)24-19-10-6-5-9-18(19)23/h3-12H,13H2,1-2H3,(H,24,28). The van der Waals surface area contributed by atoms with Gasteiger partial charge in [0.05, 0.1) is 17.1 Å². The molecule has 0 aliphatic rings. The van der Waals surface area contributed by atoms with Gasteiger partial charge in [-0.2, -0.15) is 0 Å². The van der Waals surface area contributed by atoms with Crippen molar-refractivity contribution >= 4 is 50.1 Å². The molecule has 0 spiro atoms. The Morgan fingerprint density at radius 1 is 1.00 bits per heavy atom. The van der Waals surface area contributed by atoms with Crippen LogP contribution in [0.25, 0.3) is 16.5 Å². The van der Waals surface area contributed by atoms with Gasteiger partial charge >= 0.3 is 0 Å². The van der Waals surface area contributed by atoms with E-state index in [1.54, 1.807) is 0 Å². The Morgan fingerprint density at radius 3 is 2.52 bits per heavy atom. The Bertz CT molecular complexity index is 1200. The average Bonchev–Trinajstić information content (AvgIpc) is 3.09. The molecule has 29 heavy (non-hydrogen) atoms. The van der Waals surface area contributed by atoms with Crippen LogP contribution in [0, 0.1) is 13.8 Å². The van der Waals surface area contributed by atoms with E-state index in [0.717, 1.165) is 27.1 Å². The van der Waals surface area contributed by atoms with Crippen molar-refractivity contribution in [3.05, 3.63) is 76.5 Å². The first kappa shape index (κ1) is 19.7. The molecule has 0 unspecified atom stereocenters. The number of amides is 1. The fraction of sp³-hybridized carbons (Fsp3) is 0.136. The highest BCUT2D eigenvalue weighted by Crippen LogP contribution is 2.30. The Hall–Kier alpha value is -2.64. The van der Waals surface area contributed by atoms with Crippen LogP contribution in [0.15, 0.2) is 70.3 Å². The van der Waals surface area contributed by atoms with Gasteiger partial charge < -0.3 is 5.32 Å². The molecule has 0 aliphatic heterocycles. The predicted molar refractivity (Wildman–Crippen MR) is 122 cm³/mol. The van der Waals surface area contributed by atoms with Crippen molar-refractivity contribution < 1.29 is 4.79 Å². The van der Waals surface area contributed by atoms with Crippen molar-refractivity contribution in [3.63, 3.8) is 0 Å². The number of benzene rings is 3. The predicted octanol–water partition coefficient (Wildman–Crippen LogP) is 5.53. The van der Waals surface area contributed by atoms with Crippen LogP contribution in [0.2, 0.25) is 0 Å². The number of rotatable bonds is 5. The van der Waals surface area contributed by atoms with E-state index in [1.807, 2.05) is 47.9 Å². The lowest BCUT2D eigenvalue weighted by molar-refractivity contribution is -0.113. The second-order valence-electron chi connectivity index (χ2n) is 6.63. The van der Waals surface area contributed by atoms with Crippen LogP contribution in [0.3, 0.4) is 0 Å². The third-order valence-corrected chi connectivity index (χ3v) is 6.26. The first-order valence-electron chi connectivity index (χ1n) is 9.12. The molecule has 1 heterocycles. The van der Waals surface area contributed by atoms with Crippen molar-refractivity contribution in [2.45, 2.75) is 19.0 Å². The molecule has 1 amide bonds. The third kappa shape index (κ3) is 4.06. The lowest BCUT2D eigenvalue weighted by Crippen LogP contribution is -2.15. The third-order valence-electron chi connectivity index (χ3n) is 4.64. The summed E-state index contributed by atoms with van der Waals surface area (Å²) >= 11 is 4.82. The van der Waals surface area contributed by atoms with Crippen molar-refractivity contribution in [2.24, 2.45) is 0 Å². The molecule has 5 nitrogen and oxygen atoms in total. The summed E-state index contributed by atoms with van der Waals surface area (Å²) in [5.74, 6) is 0.930. The van der Waals surface area contributed by atoms with Gasteiger partial charge in [0, 0.05) is 9.86 Å². The van der Waals surface area contributed by atoms with Crippen LogP contribution in [0.5, 0.6) is 0 Å². The van der Waals surface area contributed by atoms with Crippen LogP contribution in [-0.4, -0.2) is 26.4 Å². The number of fused-ring (bicyclic) bond motifs is 1. The molecule has 1 N–H and O–H groups in total. The first-order chi connectivity index (χ1) is 14.0. The number of aryl methyl sites for hydroxylation is 2. The average molecular weight is 467 g/mol. The largest absolute Gasteiger partial charge is 0.324 e. The van der Waals surface area contributed by atoms with Crippen LogP contribution >= 0.6 is 27.7 Å². The van der Waals surface area contributed by atoms with E-state index in [1.165, 1.54) is 22.7 Å². The van der Waals surface area contributed by atoms with Gasteiger partial charge in [0.15, 0.2) is 5.16 Å². The van der Waals surface area contributed by atoms with Gasteiger partial charge in [-0.3, -0.25) is 9.36 Å². The van der Waals surface area contributed by atoms with E-state index in [2.05, 4.69) is 62.6 Å². The first-order valence-corrected chi connectivity index (χ1v) is 10.9. The van der Waals surface area contributed by atoms with E-state index < -0.39 is 0 Å².